The molecule has 4 rings (SSSR count). The van der Waals surface area contributed by atoms with E-state index >= 15 is 0 Å². The van der Waals surface area contributed by atoms with Crippen LogP contribution in [0.15, 0.2) is 71.1 Å². The van der Waals surface area contributed by atoms with E-state index in [1.165, 1.54) is 7.11 Å². The number of phenols is 1. The van der Waals surface area contributed by atoms with Gasteiger partial charge in [0.2, 0.25) is 0 Å². The van der Waals surface area contributed by atoms with E-state index in [-0.39, 0.29) is 37.1 Å². The molecule has 7 heteroatoms. The Balaban J connectivity index is 1.76. The van der Waals surface area contributed by atoms with Crippen molar-refractivity contribution in [1.82, 2.24) is 5.32 Å². The van der Waals surface area contributed by atoms with Crippen LogP contribution in [0.25, 0.3) is 0 Å². The van der Waals surface area contributed by atoms with Gasteiger partial charge in [0.15, 0.2) is 5.78 Å². The van der Waals surface area contributed by atoms with Crippen molar-refractivity contribution in [1.29, 1.82) is 0 Å². The van der Waals surface area contributed by atoms with E-state index in [1.807, 2.05) is 30.3 Å². The fourth-order valence-corrected chi connectivity index (χ4v) is 4.96. The van der Waals surface area contributed by atoms with E-state index in [0.29, 0.717) is 33.9 Å². The van der Waals surface area contributed by atoms with Crippen molar-refractivity contribution in [2.24, 2.45) is 0 Å². The normalized spacial score (nSPS) is 20.4. The molecule has 1 aliphatic heterocycles. The van der Waals surface area contributed by atoms with Gasteiger partial charge in [-0.25, -0.2) is 4.79 Å². The van der Waals surface area contributed by atoms with Crippen LogP contribution in [0.3, 0.4) is 0 Å². The number of carbonyl (C=O) groups excluding carboxylic acids is 2. The van der Waals surface area contributed by atoms with Crippen molar-refractivity contribution in [2.75, 3.05) is 20.3 Å². The van der Waals surface area contributed by atoms with Crippen LogP contribution in [0.4, 0.5) is 0 Å². The molecule has 0 saturated heterocycles. The molecule has 33 heavy (non-hydrogen) atoms. The Hall–Kier alpha value is -3.09. The van der Waals surface area contributed by atoms with Gasteiger partial charge in [0, 0.05) is 41.4 Å². The highest BCUT2D eigenvalue weighted by Crippen LogP contribution is 2.46. The number of dihydropyridines is 1. The first-order valence-corrected chi connectivity index (χ1v) is 11.2. The summed E-state index contributed by atoms with van der Waals surface area (Å²) >= 11 is 6.42. The van der Waals surface area contributed by atoms with Crippen LogP contribution in [0.5, 0.6) is 5.75 Å². The highest BCUT2D eigenvalue weighted by Gasteiger charge is 2.41. The molecule has 0 unspecified atom stereocenters. The maximum atomic E-state index is 13.5. The van der Waals surface area contributed by atoms with Gasteiger partial charge in [0.1, 0.15) is 12.4 Å². The summed E-state index contributed by atoms with van der Waals surface area (Å²) in [7, 11) is 1.53. The lowest BCUT2D eigenvalue weighted by Gasteiger charge is -2.37. The fourth-order valence-electron chi connectivity index (χ4n) is 4.67. The van der Waals surface area contributed by atoms with Crippen LogP contribution in [0.2, 0.25) is 5.02 Å². The van der Waals surface area contributed by atoms with Crippen LogP contribution in [-0.4, -0.2) is 37.2 Å². The second-order valence-corrected chi connectivity index (χ2v) is 8.67. The number of benzene rings is 2. The van der Waals surface area contributed by atoms with Crippen molar-refractivity contribution in [3.05, 3.63) is 87.2 Å². The third-order valence-corrected chi connectivity index (χ3v) is 6.46. The Kier molecular flexibility index (Phi) is 6.86. The SMILES string of the molecule is COCCOC(=O)C1=C(C)NC2=C(C(=O)C[C@@H](c3ccccc3Cl)C2)[C@H]1c1cccc(O)c1. The van der Waals surface area contributed by atoms with Gasteiger partial charge >= 0.3 is 5.97 Å². The number of rotatable bonds is 6. The Morgan fingerprint density at radius 3 is 2.67 bits per heavy atom. The number of nitrogens with one attached hydrogen (secondary N) is 1. The van der Waals surface area contributed by atoms with E-state index in [4.69, 9.17) is 21.1 Å². The number of esters is 1. The van der Waals surface area contributed by atoms with Crippen LogP contribution >= 0.6 is 11.6 Å². The Morgan fingerprint density at radius 2 is 1.94 bits per heavy atom. The second-order valence-electron chi connectivity index (χ2n) is 8.26. The molecular weight excluding hydrogens is 442 g/mol. The smallest absolute Gasteiger partial charge is 0.336 e. The molecule has 2 N–H and O–H groups in total. The number of phenolic OH excluding ortho intramolecular Hbond substituents is 1. The zero-order chi connectivity index (χ0) is 23.5. The van der Waals surface area contributed by atoms with Gasteiger partial charge in [-0.3, -0.25) is 4.79 Å². The highest BCUT2D eigenvalue weighted by atomic mass is 35.5. The predicted octanol–water partition coefficient (Wildman–Crippen LogP) is 4.60. The van der Waals surface area contributed by atoms with Gasteiger partial charge in [0.05, 0.1) is 12.2 Å². The molecule has 172 valence electrons. The second kappa shape index (κ2) is 9.81. The summed E-state index contributed by atoms with van der Waals surface area (Å²) in [4.78, 5) is 26.6. The first kappa shape index (κ1) is 23.1. The number of aromatic hydroxyl groups is 1. The van der Waals surface area contributed by atoms with Crippen molar-refractivity contribution >= 4 is 23.4 Å². The first-order valence-electron chi connectivity index (χ1n) is 10.8. The number of carbonyl (C=O) groups is 2. The lowest BCUT2D eigenvalue weighted by atomic mass is 9.71. The number of methoxy groups -OCH3 is 1. The minimum Gasteiger partial charge on any atom is -0.508 e. The average Bonchev–Trinajstić information content (AvgIpc) is 2.78. The minimum absolute atomic E-state index is 0.0586. The molecule has 2 aromatic carbocycles. The molecule has 0 radical (unpaired) electrons. The molecule has 0 aromatic heterocycles. The van der Waals surface area contributed by atoms with Crippen LogP contribution in [0, 0.1) is 0 Å². The van der Waals surface area contributed by atoms with E-state index < -0.39 is 11.9 Å². The number of hydrogen-bond donors (Lipinski definition) is 2. The molecule has 1 aliphatic carbocycles. The molecule has 1 heterocycles. The molecule has 0 fully saturated rings. The molecule has 2 aromatic rings. The van der Waals surface area contributed by atoms with Crippen LogP contribution < -0.4 is 5.32 Å². The number of allylic oxidation sites excluding steroid dienone is 3. The topological polar surface area (TPSA) is 84.9 Å². The number of ketones is 1. The fraction of sp³-hybridized carbons (Fsp3) is 0.308. The molecule has 2 atom stereocenters. The summed E-state index contributed by atoms with van der Waals surface area (Å²) in [6.45, 7) is 2.18. The van der Waals surface area contributed by atoms with E-state index in [2.05, 4.69) is 5.32 Å². The van der Waals surface area contributed by atoms with Crippen LogP contribution in [-0.2, 0) is 19.1 Å². The number of ether oxygens (including phenoxy) is 2. The predicted molar refractivity (Wildman–Crippen MR) is 125 cm³/mol. The monoisotopic (exact) mass is 467 g/mol. The largest absolute Gasteiger partial charge is 0.508 e. The lowest BCUT2D eigenvalue weighted by Crippen LogP contribution is -2.36. The molecule has 0 saturated carbocycles. The molecular formula is C26H26ClNO5. The van der Waals surface area contributed by atoms with E-state index in [9.17, 15) is 14.7 Å². The van der Waals surface area contributed by atoms with Gasteiger partial charge in [0.25, 0.3) is 0 Å². The van der Waals surface area contributed by atoms with Crippen molar-refractivity contribution in [3.63, 3.8) is 0 Å². The number of halogens is 1. The summed E-state index contributed by atoms with van der Waals surface area (Å²) in [5.74, 6) is -1.21. The Morgan fingerprint density at radius 1 is 1.15 bits per heavy atom. The first-order chi connectivity index (χ1) is 15.9. The molecule has 0 amide bonds. The summed E-state index contributed by atoms with van der Waals surface area (Å²) in [6, 6.07) is 14.2. The lowest BCUT2D eigenvalue weighted by molar-refractivity contribution is -0.140. The molecule has 0 spiro atoms. The maximum Gasteiger partial charge on any atom is 0.336 e. The number of hydrogen-bond acceptors (Lipinski definition) is 6. The van der Waals surface area contributed by atoms with Crippen molar-refractivity contribution in [2.45, 2.75) is 31.6 Å². The Bertz CT molecular complexity index is 1150. The quantitative estimate of drug-likeness (QED) is 0.477. The van der Waals surface area contributed by atoms with Crippen LogP contribution in [0.1, 0.15) is 42.7 Å². The zero-order valence-corrected chi connectivity index (χ0v) is 19.3. The summed E-state index contributed by atoms with van der Waals surface area (Å²) in [5.41, 5.74) is 3.88. The summed E-state index contributed by atoms with van der Waals surface area (Å²) in [6.07, 6.45) is 0.869. The van der Waals surface area contributed by atoms with Crippen molar-refractivity contribution in [3.8, 4) is 5.75 Å². The molecule has 0 bridgehead atoms. The van der Waals surface area contributed by atoms with E-state index in [1.54, 1.807) is 25.1 Å². The summed E-state index contributed by atoms with van der Waals surface area (Å²) < 4.78 is 10.4. The van der Waals surface area contributed by atoms with Gasteiger partial charge < -0.3 is 19.9 Å². The summed E-state index contributed by atoms with van der Waals surface area (Å²) in [5, 5.41) is 14.0. The highest BCUT2D eigenvalue weighted by molar-refractivity contribution is 6.31. The molecule has 2 aliphatic rings. The minimum atomic E-state index is -0.636. The average molecular weight is 468 g/mol. The van der Waals surface area contributed by atoms with Gasteiger partial charge in [-0.1, -0.05) is 41.9 Å². The third-order valence-electron chi connectivity index (χ3n) is 6.12. The van der Waals surface area contributed by atoms with Gasteiger partial charge in [-0.05, 0) is 48.6 Å². The third kappa shape index (κ3) is 4.68. The van der Waals surface area contributed by atoms with Crippen molar-refractivity contribution < 1.29 is 24.2 Å². The standard InChI is InChI=1S/C26H26ClNO5/c1-15-23(26(31)33-11-10-32-2)24(16-6-5-7-18(29)12-16)25-21(28-15)13-17(14-22(25)30)19-8-3-4-9-20(19)27/h3-9,12,17,24,28-29H,10-11,13-14H2,1-2H3/t17-,24-/m0/s1. The Labute approximate surface area is 197 Å². The zero-order valence-electron chi connectivity index (χ0n) is 18.6. The van der Waals surface area contributed by atoms with Gasteiger partial charge in [-0.15, -0.1) is 0 Å². The van der Waals surface area contributed by atoms with E-state index in [0.717, 1.165) is 11.3 Å². The number of Topliss-reactive ketones (excluding diaryl/α,β-unsaturated/α-hetero) is 1. The molecule has 6 nitrogen and oxygen atoms in total. The van der Waals surface area contributed by atoms with Gasteiger partial charge in [-0.2, -0.15) is 0 Å². The maximum absolute atomic E-state index is 13.5.